The highest BCUT2D eigenvalue weighted by Crippen LogP contribution is 2.53. The van der Waals surface area contributed by atoms with Gasteiger partial charge in [0.25, 0.3) is 0 Å². The van der Waals surface area contributed by atoms with E-state index in [1.807, 2.05) is 6.07 Å². The van der Waals surface area contributed by atoms with E-state index in [-0.39, 0.29) is 10.8 Å². The Morgan fingerprint density at radius 3 is 1.31 bits per heavy atom. The molecule has 0 atom stereocenters. The quantitative estimate of drug-likeness (QED) is 0.176. The van der Waals surface area contributed by atoms with E-state index >= 15 is 0 Å². The molecule has 0 spiro atoms. The molecule has 2 heteroatoms. The van der Waals surface area contributed by atoms with Crippen LogP contribution in [0.3, 0.4) is 0 Å². The van der Waals surface area contributed by atoms with Gasteiger partial charge in [0.15, 0.2) is 0 Å². The Kier molecular flexibility index (Phi) is 7.96. The lowest BCUT2D eigenvalue weighted by Crippen LogP contribution is -2.22. The van der Waals surface area contributed by atoms with Gasteiger partial charge in [0.2, 0.25) is 0 Å². The third kappa shape index (κ3) is 5.36. The van der Waals surface area contributed by atoms with Gasteiger partial charge in [-0.2, -0.15) is 0 Å². The first-order chi connectivity index (χ1) is 30.3. The SMILES string of the molecule is CC1(C)c2ccccc2-c2ccccc2-c2ccccc2-c2ccc(N(c3ccc(-c4cccc5c4oc4ccccc45)cc3)c3ccc4c(c3)C(C)(C)c3ccccc3-4)cc21. The van der Waals surface area contributed by atoms with Crippen molar-refractivity contribution in [2.45, 2.75) is 38.5 Å². The molecule has 0 unspecified atom stereocenters. The highest BCUT2D eigenvalue weighted by molar-refractivity contribution is 6.09. The molecule has 296 valence electrons. The molecule has 0 amide bonds. The second kappa shape index (κ2) is 13.5. The molecule has 0 saturated heterocycles. The topological polar surface area (TPSA) is 16.4 Å². The van der Waals surface area contributed by atoms with Crippen molar-refractivity contribution in [1.29, 1.82) is 0 Å². The van der Waals surface area contributed by atoms with E-state index in [2.05, 4.69) is 227 Å². The van der Waals surface area contributed by atoms with Crippen LogP contribution >= 0.6 is 0 Å². The normalized spacial score (nSPS) is 14.1. The van der Waals surface area contributed by atoms with E-state index in [9.17, 15) is 0 Å². The van der Waals surface area contributed by atoms with Gasteiger partial charge in [-0.05, 0) is 115 Å². The summed E-state index contributed by atoms with van der Waals surface area (Å²) in [6.45, 7) is 9.53. The van der Waals surface area contributed by atoms with Gasteiger partial charge in [-0.1, -0.05) is 185 Å². The molecular weight excluding hydrogens is 751 g/mol. The Balaban J connectivity index is 1.07. The van der Waals surface area contributed by atoms with Gasteiger partial charge >= 0.3 is 0 Å². The van der Waals surface area contributed by atoms with Crippen LogP contribution in [0.25, 0.3) is 77.6 Å². The van der Waals surface area contributed by atoms with Crippen molar-refractivity contribution in [2.75, 3.05) is 4.90 Å². The number of hydrogen-bond acceptors (Lipinski definition) is 2. The first-order valence-corrected chi connectivity index (χ1v) is 21.8. The monoisotopic (exact) mass is 795 g/mol. The summed E-state index contributed by atoms with van der Waals surface area (Å²) in [5.41, 5.74) is 22.4. The standard InChI is InChI=1S/C60H45NO/c1-59(2)53-25-12-9-20-47(53)45-18-7-5-16-43(45)44-17-6-8-19-46(44)49-34-32-40(36-55(49)59)61(41-33-35-50-48-21-10-13-26-54(48)60(3,4)56(50)37-41)39-30-28-38(29-31-39)42-23-15-24-52-51-22-11-14-27-57(51)62-58(42)52/h5-37H,1-4H3. The summed E-state index contributed by atoms with van der Waals surface area (Å²) in [7, 11) is 0. The van der Waals surface area contributed by atoms with Crippen LogP contribution in [0.1, 0.15) is 49.9 Å². The predicted molar refractivity (Wildman–Crippen MR) is 260 cm³/mol. The molecule has 12 rings (SSSR count). The zero-order chi connectivity index (χ0) is 41.7. The van der Waals surface area contributed by atoms with Crippen LogP contribution in [0.15, 0.2) is 205 Å². The fourth-order valence-corrected chi connectivity index (χ4v) is 10.8. The highest BCUT2D eigenvalue weighted by Gasteiger charge is 2.37. The van der Waals surface area contributed by atoms with E-state index in [1.54, 1.807) is 0 Å². The molecule has 1 heterocycles. The zero-order valence-corrected chi connectivity index (χ0v) is 35.4. The molecule has 0 N–H and O–H groups in total. The number of anilines is 3. The lowest BCUT2D eigenvalue weighted by molar-refractivity contribution is 0.645. The number of rotatable bonds is 4. The molecule has 0 bridgehead atoms. The third-order valence-electron chi connectivity index (χ3n) is 13.9. The summed E-state index contributed by atoms with van der Waals surface area (Å²) in [6, 6.07) is 73.9. The first-order valence-electron chi connectivity index (χ1n) is 21.8. The van der Waals surface area contributed by atoms with Gasteiger partial charge < -0.3 is 9.32 Å². The van der Waals surface area contributed by atoms with Crippen LogP contribution in [-0.2, 0) is 10.8 Å². The second-order valence-electron chi connectivity index (χ2n) is 18.1. The summed E-state index contributed by atoms with van der Waals surface area (Å²) in [4.78, 5) is 2.46. The van der Waals surface area contributed by atoms with Crippen LogP contribution in [0.2, 0.25) is 0 Å². The molecule has 0 fully saturated rings. The molecule has 9 aromatic carbocycles. The number of furan rings is 1. The molecule has 0 saturated carbocycles. The Morgan fingerprint density at radius 1 is 0.323 bits per heavy atom. The third-order valence-corrected chi connectivity index (χ3v) is 13.9. The molecule has 2 aliphatic carbocycles. The summed E-state index contributed by atoms with van der Waals surface area (Å²) in [5, 5.41) is 2.27. The van der Waals surface area contributed by atoms with Crippen molar-refractivity contribution in [2.24, 2.45) is 0 Å². The molecule has 0 aliphatic heterocycles. The Morgan fingerprint density at radius 2 is 0.726 bits per heavy atom. The van der Waals surface area contributed by atoms with Crippen LogP contribution in [0.5, 0.6) is 0 Å². The number of fused-ring (bicyclic) bond motifs is 13. The van der Waals surface area contributed by atoms with Crippen LogP contribution in [0.4, 0.5) is 17.1 Å². The number of para-hydroxylation sites is 2. The lowest BCUT2D eigenvalue weighted by atomic mass is 9.73. The van der Waals surface area contributed by atoms with Crippen molar-refractivity contribution >= 4 is 39.0 Å². The highest BCUT2D eigenvalue weighted by atomic mass is 16.3. The van der Waals surface area contributed by atoms with Crippen LogP contribution in [0, 0.1) is 0 Å². The summed E-state index contributed by atoms with van der Waals surface area (Å²) in [5.74, 6) is 0. The van der Waals surface area contributed by atoms with Crippen molar-refractivity contribution in [3.63, 3.8) is 0 Å². The molecule has 0 radical (unpaired) electrons. The predicted octanol–water partition coefficient (Wildman–Crippen LogP) is 16.7. The maximum absolute atomic E-state index is 6.50. The summed E-state index contributed by atoms with van der Waals surface area (Å²) < 4.78 is 6.50. The van der Waals surface area contributed by atoms with Crippen molar-refractivity contribution in [1.82, 2.24) is 0 Å². The number of hydrogen-bond donors (Lipinski definition) is 0. The average Bonchev–Trinajstić information content (AvgIpc) is 3.81. The van der Waals surface area contributed by atoms with Crippen molar-refractivity contribution in [3.05, 3.63) is 222 Å². The maximum atomic E-state index is 6.50. The summed E-state index contributed by atoms with van der Waals surface area (Å²) in [6.07, 6.45) is 0. The Bertz CT molecular complexity index is 3420. The van der Waals surface area contributed by atoms with Gasteiger partial charge in [-0.3, -0.25) is 0 Å². The maximum Gasteiger partial charge on any atom is 0.143 e. The number of benzene rings is 9. The second-order valence-corrected chi connectivity index (χ2v) is 18.1. The average molecular weight is 796 g/mol. The summed E-state index contributed by atoms with van der Waals surface area (Å²) >= 11 is 0. The largest absolute Gasteiger partial charge is 0.455 e. The fraction of sp³-hybridized carbons (Fsp3) is 0.100. The van der Waals surface area contributed by atoms with E-state index in [0.29, 0.717) is 0 Å². The van der Waals surface area contributed by atoms with E-state index < -0.39 is 0 Å². The van der Waals surface area contributed by atoms with Gasteiger partial charge in [-0.15, -0.1) is 0 Å². The molecule has 62 heavy (non-hydrogen) atoms. The van der Waals surface area contributed by atoms with Crippen LogP contribution in [-0.4, -0.2) is 0 Å². The first kappa shape index (κ1) is 36.4. The van der Waals surface area contributed by atoms with E-state index in [1.165, 1.54) is 66.8 Å². The van der Waals surface area contributed by atoms with E-state index in [4.69, 9.17) is 4.42 Å². The van der Waals surface area contributed by atoms with Gasteiger partial charge in [0.1, 0.15) is 11.2 Å². The fourth-order valence-electron chi connectivity index (χ4n) is 10.8. The van der Waals surface area contributed by atoms with Gasteiger partial charge in [0, 0.05) is 44.2 Å². The lowest BCUT2D eigenvalue weighted by Gasteiger charge is -2.33. The molecule has 2 nitrogen and oxygen atoms in total. The zero-order valence-electron chi connectivity index (χ0n) is 35.4. The van der Waals surface area contributed by atoms with E-state index in [0.717, 1.165) is 50.1 Å². The minimum Gasteiger partial charge on any atom is -0.455 e. The minimum absolute atomic E-state index is 0.141. The van der Waals surface area contributed by atoms with Gasteiger partial charge in [-0.25, -0.2) is 0 Å². The smallest absolute Gasteiger partial charge is 0.143 e. The van der Waals surface area contributed by atoms with Gasteiger partial charge in [0.05, 0.1) is 0 Å². The Labute approximate surface area is 363 Å². The van der Waals surface area contributed by atoms with Crippen molar-refractivity contribution < 1.29 is 4.42 Å². The molecule has 1 aromatic heterocycles. The van der Waals surface area contributed by atoms with Crippen molar-refractivity contribution in [3.8, 4) is 55.6 Å². The molecule has 2 aliphatic rings. The minimum atomic E-state index is -0.352. The molecular formula is C60H45NO. The molecule has 10 aromatic rings. The number of nitrogens with zero attached hydrogens (tertiary/aromatic N) is 1. The Hall–Kier alpha value is -7.42. The van der Waals surface area contributed by atoms with Crippen LogP contribution < -0.4 is 4.90 Å².